The van der Waals surface area contributed by atoms with Crippen LogP contribution in [-0.2, 0) is 24.3 Å². The predicted molar refractivity (Wildman–Crippen MR) is 152 cm³/mol. The van der Waals surface area contributed by atoms with Crippen LogP contribution < -0.4 is 5.73 Å². The molecule has 0 atom stereocenters. The summed E-state index contributed by atoms with van der Waals surface area (Å²) in [7, 11) is 0. The Hall–Kier alpha value is -2.77. The molecule has 0 unspecified atom stereocenters. The number of fused-ring (bicyclic) bond motifs is 1. The summed E-state index contributed by atoms with van der Waals surface area (Å²) in [6.07, 6.45) is 5.10. The number of hydrogen-bond acceptors (Lipinski definition) is 6. The summed E-state index contributed by atoms with van der Waals surface area (Å²) in [6, 6.07) is 20.4. The number of hydrogen-bond donors (Lipinski definition) is 1. The van der Waals surface area contributed by atoms with Gasteiger partial charge in [-0.1, -0.05) is 60.1 Å². The number of Topliss-reactive ketones (excluding diaryl/α,β-unsaturated/α-hetero) is 1. The minimum atomic E-state index is 0.110. The lowest BCUT2D eigenvalue weighted by molar-refractivity contribution is 0.0574. The Morgan fingerprint density at radius 3 is 2.70 bits per heavy atom. The summed E-state index contributed by atoms with van der Waals surface area (Å²) < 4.78 is 6.05. The Morgan fingerprint density at radius 2 is 1.89 bits per heavy atom. The fourth-order valence-corrected chi connectivity index (χ4v) is 6.20. The Labute approximate surface area is 227 Å². The number of likely N-dealkylation sites (tertiary alicyclic amines) is 1. The number of halogens is 1. The molecule has 0 aliphatic carbocycles. The highest BCUT2D eigenvalue weighted by atomic mass is 35.5. The standard InChI is InChI=1S/C30H32ClN3O2S/c31-26-17-28(27(35)9-7-21-6-8-25-24(16-21)10-13-33-30(25)32)37-29(26)20-36-19-23-11-14-34(15-12-23)18-22-4-2-1-3-5-22/h1-6,8,10,13,16-17,23H,7,9,11-12,14-15,18-20H2,(H2,32,33). The minimum absolute atomic E-state index is 0.110. The maximum Gasteiger partial charge on any atom is 0.173 e. The van der Waals surface area contributed by atoms with Crippen LogP contribution >= 0.6 is 22.9 Å². The second-order valence-corrected chi connectivity index (χ2v) is 11.3. The number of anilines is 1. The van der Waals surface area contributed by atoms with Gasteiger partial charge in [-0.2, -0.15) is 0 Å². The molecule has 7 heteroatoms. The topological polar surface area (TPSA) is 68.4 Å². The second kappa shape index (κ2) is 12.2. The number of aryl methyl sites for hydroxylation is 1. The van der Waals surface area contributed by atoms with E-state index < -0.39 is 0 Å². The number of pyridine rings is 1. The van der Waals surface area contributed by atoms with Gasteiger partial charge in [0.25, 0.3) is 0 Å². The molecular formula is C30H32ClN3O2S. The van der Waals surface area contributed by atoms with Crippen molar-refractivity contribution >= 4 is 45.3 Å². The molecule has 192 valence electrons. The van der Waals surface area contributed by atoms with E-state index >= 15 is 0 Å². The van der Waals surface area contributed by atoms with Crippen molar-refractivity contribution in [3.05, 3.63) is 92.8 Å². The normalized spacial score (nSPS) is 14.8. The van der Waals surface area contributed by atoms with Gasteiger partial charge in [-0.15, -0.1) is 11.3 Å². The van der Waals surface area contributed by atoms with Crippen LogP contribution in [0.2, 0.25) is 5.02 Å². The first-order valence-corrected chi connectivity index (χ1v) is 14.0. The number of nitrogen functional groups attached to an aromatic ring is 1. The van der Waals surface area contributed by atoms with Gasteiger partial charge in [0.05, 0.1) is 16.5 Å². The average Bonchev–Trinajstić information content (AvgIpc) is 3.29. The molecule has 0 amide bonds. The first kappa shape index (κ1) is 25.9. The number of nitrogens with zero attached hydrogens (tertiary/aromatic N) is 2. The third-order valence-electron chi connectivity index (χ3n) is 7.08. The molecule has 0 saturated carbocycles. The number of ether oxygens (including phenoxy) is 1. The number of aromatic nitrogens is 1. The summed E-state index contributed by atoms with van der Waals surface area (Å²) >= 11 is 7.91. The Bertz CT molecular complexity index is 1350. The van der Waals surface area contributed by atoms with Crippen molar-refractivity contribution in [3.8, 4) is 0 Å². The summed E-state index contributed by atoms with van der Waals surface area (Å²) in [6.45, 7) is 4.41. The fraction of sp³-hybridized carbons (Fsp3) is 0.333. The summed E-state index contributed by atoms with van der Waals surface area (Å²) in [5, 5.41) is 2.60. The lowest BCUT2D eigenvalue weighted by Gasteiger charge is -2.31. The van der Waals surface area contributed by atoms with Gasteiger partial charge in [0.1, 0.15) is 5.82 Å². The Balaban J connectivity index is 1.06. The third kappa shape index (κ3) is 6.76. The zero-order valence-corrected chi connectivity index (χ0v) is 22.4. The van der Waals surface area contributed by atoms with Crippen LogP contribution in [0.1, 0.15) is 44.9 Å². The van der Waals surface area contributed by atoms with Crippen LogP contribution in [0.25, 0.3) is 10.8 Å². The van der Waals surface area contributed by atoms with Crippen LogP contribution in [0.5, 0.6) is 0 Å². The van der Waals surface area contributed by atoms with E-state index in [-0.39, 0.29) is 5.78 Å². The van der Waals surface area contributed by atoms with Crippen molar-refractivity contribution in [2.75, 3.05) is 25.4 Å². The van der Waals surface area contributed by atoms with E-state index in [0.717, 1.165) is 60.3 Å². The van der Waals surface area contributed by atoms with Crippen LogP contribution in [-0.4, -0.2) is 35.4 Å². The maximum atomic E-state index is 12.9. The molecule has 5 nitrogen and oxygen atoms in total. The van der Waals surface area contributed by atoms with Crippen LogP contribution in [0.15, 0.2) is 66.9 Å². The molecule has 2 aromatic carbocycles. The van der Waals surface area contributed by atoms with Gasteiger partial charge < -0.3 is 10.5 Å². The van der Waals surface area contributed by atoms with Crippen molar-refractivity contribution in [2.45, 2.75) is 38.8 Å². The van der Waals surface area contributed by atoms with Gasteiger partial charge in [0.15, 0.2) is 5.78 Å². The average molecular weight is 534 g/mol. The second-order valence-electron chi connectivity index (χ2n) is 9.78. The maximum absolute atomic E-state index is 12.9. The number of carbonyl (C=O) groups is 1. The lowest BCUT2D eigenvalue weighted by Crippen LogP contribution is -2.34. The van der Waals surface area contributed by atoms with Crippen LogP contribution in [0.3, 0.4) is 0 Å². The number of nitrogens with two attached hydrogens (primary N) is 1. The number of piperidine rings is 1. The van der Waals surface area contributed by atoms with E-state index in [2.05, 4.69) is 46.3 Å². The molecule has 2 aromatic heterocycles. The SMILES string of the molecule is Nc1nccc2cc(CCC(=O)c3cc(Cl)c(COCC4CCN(Cc5ccccc5)CC4)s3)ccc12. The van der Waals surface area contributed by atoms with Crippen LogP contribution in [0, 0.1) is 5.92 Å². The summed E-state index contributed by atoms with van der Waals surface area (Å²) in [5.74, 6) is 1.20. The Morgan fingerprint density at radius 1 is 1.08 bits per heavy atom. The zero-order chi connectivity index (χ0) is 25.6. The van der Waals surface area contributed by atoms with Crippen molar-refractivity contribution in [3.63, 3.8) is 0 Å². The highest BCUT2D eigenvalue weighted by Crippen LogP contribution is 2.30. The van der Waals surface area contributed by atoms with Crippen molar-refractivity contribution in [1.29, 1.82) is 0 Å². The predicted octanol–water partition coefficient (Wildman–Crippen LogP) is 6.78. The van der Waals surface area contributed by atoms with Gasteiger partial charge in [0.2, 0.25) is 0 Å². The molecule has 2 N–H and O–H groups in total. The van der Waals surface area contributed by atoms with Crippen molar-refractivity contribution in [2.24, 2.45) is 5.92 Å². The first-order valence-electron chi connectivity index (χ1n) is 12.8. The van der Waals surface area contributed by atoms with E-state index in [0.29, 0.717) is 41.1 Å². The number of rotatable bonds is 10. The Kier molecular flexibility index (Phi) is 8.52. The van der Waals surface area contributed by atoms with E-state index in [1.54, 1.807) is 12.3 Å². The lowest BCUT2D eigenvalue weighted by atomic mass is 9.97. The number of benzene rings is 2. The van der Waals surface area contributed by atoms with Gasteiger partial charge in [-0.3, -0.25) is 9.69 Å². The molecule has 1 aliphatic heterocycles. The number of thiophene rings is 1. The fourth-order valence-electron chi connectivity index (χ4n) is 4.90. The molecule has 37 heavy (non-hydrogen) atoms. The molecule has 5 rings (SSSR count). The molecular weight excluding hydrogens is 502 g/mol. The van der Waals surface area contributed by atoms with E-state index in [1.165, 1.54) is 16.9 Å². The molecule has 0 spiro atoms. The molecule has 0 radical (unpaired) electrons. The van der Waals surface area contributed by atoms with Gasteiger partial charge in [-0.05, 0) is 66.9 Å². The molecule has 1 saturated heterocycles. The molecule has 1 fully saturated rings. The van der Waals surface area contributed by atoms with E-state index in [9.17, 15) is 4.79 Å². The molecule has 3 heterocycles. The zero-order valence-electron chi connectivity index (χ0n) is 20.9. The molecule has 1 aliphatic rings. The highest BCUT2D eigenvalue weighted by Gasteiger charge is 2.20. The van der Waals surface area contributed by atoms with Gasteiger partial charge in [-0.25, -0.2) is 4.98 Å². The van der Waals surface area contributed by atoms with Gasteiger partial charge in [0, 0.05) is 36.0 Å². The van der Waals surface area contributed by atoms with Crippen LogP contribution in [0.4, 0.5) is 5.82 Å². The molecule has 0 bridgehead atoms. The smallest absolute Gasteiger partial charge is 0.173 e. The highest BCUT2D eigenvalue weighted by molar-refractivity contribution is 7.14. The summed E-state index contributed by atoms with van der Waals surface area (Å²) in [5.41, 5.74) is 8.42. The number of ketones is 1. The van der Waals surface area contributed by atoms with E-state index in [1.807, 2.05) is 18.2 Å². The first-order chi connectivity index (χ1) is 18.0. The monoisotopic (exact) mass is 533 g/mol. The van der Waals surface area contributed by atoms with Crippen molar-refractivity contribution < 1.29 is 9.53 Å². The summed E-state index contributed by atoms with van der Waals surface area (Å²) in [4.78, 5) is 21.1. The van der Waals surface area contributed by atoms with Gasteiger partial charge >= 0.3 is 0 Å². The molecule has 4 aromatic rings. The largest absolute Gasteiger partial charge is 0.383 e. The minimum Gasteiger partial charge on any atom is -0.383 e. The third-order valence-corrected chi connectivity index (χ3v) is 8.67. The quantitative estimate of drug-likeness (QED) is 0.228. The van der Waals surface area contributed by atoms with Crippen molar-refractivity contribution in [1.82, 2.24) is 9.88 Å². The van der Waals surface area contributed by atoms with E-state index in [4.69, 9.17) is 22.1 Å². The number of carbonyl (C=O) groups excluding carboxylic acids is 1.